The Labute approximate surface area is 186 Å². The van der Waals surface area contributed by atoms with Crippen LogP contribution in [0, 0.1) is 52.3 Å². The van der Waals surface area contributed by atoms with Crippen LogP contribution in [0.25, 0.3) is 0 Å². The maximum Gasteiger partial charge on any atom is 0.0543 e. The molecular formula is C29H48O. The first-order valence-corrected chi connectivity index (χ1v) is 13.3. The monoisotopic (exact) mass is 412 g/mol. The highest BCUT2D eigenvalue weighted by molar-refractivity contribution is 5.28. The Morgan fingerprint density at radius 2 is 1.70 bits per heavy atom. The van der Waals surface area contributed by atoms with Crippen LogP contribution in [-0.2, 0) is 0 Å². The highest BCUT2D eigenvalue weighted by atomic mass is 16.3. The van der Waals surface area contributed by atoms with E-state index in [0.717, 1.165) is 42.4 Å². The Balaban J connectivity index is 1.53. The largest absolute Gasteiger partial charge is 0.393 e. The van der Waals surface area contributed by atoms with Gasteiger partial charge in [-0.15, -0.1) is 0 Å². The third kappa shape index (κ3) is 3.66. The SMILES string of the molecule is CCC(/C=C/C(C)C1CCC2C3=CC[C@H]4CC(O)CC[C@]4(C)C3CC[C@@]21C)C(C)C. The summed E-state index contributed by atoms with van der Waals surface area (Å²) in [5.74, 6) is 5.32. The van der Waals surface area contributed by atoms with Crippen molar-refractivity contribution in [1.29, 1.82) is 0 Å². The minimum Gasteiger partial charge on any atom is -0.393 e. The summed E-state index contributed by atoms with van der Waals surface area (Å²) in [6, 6.07) is 0. The zero-order valence-electron chi connectivity index (χ0n) is 20.7. The molecule has 6 unspecified atom stereocenters. The molecule has 1 nitrogen and oxygen atoms in total. The van der Waals surface area contributed by atoms with Gasteiger partial charge in [0.25, 0.3) is 0 Å². The van der Waals surface area contributed by atoms with Crippen molar-refractivity contribution >= 4 is 0 Å². The number of aliphatic hydroxyl groups excluding tert-OH is 1. The highest BCUT2D eigenvalue weighted by Gasteiger charge is 2.57. The van der Waals surface area contributed by atoms with Crippen LogP contribution in [0.4, 0.5) is 0 Å². The number of aliphatic hydroxyl groups is 1. The molecule has 0 radical (unpaired) electrons. The van der Waals surface area contributed by atoms with Crippen molar-refractivity contribution in [3.8, 4) is 0 Å². The van der Waals surface area contributed by atoms with E-state index >= 15 is 0 Å². The second-order valence-corrected chi connectivity index (χ2v) is 12.5. The van der Waals surface area contributed by atoms with Gasteiger partial charge in [0.2, 0.25) is 0 Å². The van der Waals surface area contributed by atoms with Crippen molar-refractivity contribution < 1.29 is 5.11 Å². The molecule has 0 heterocycles. The summed E-state index contributed by atoms with van der Waals surface area (Å²) < 4.78 is 0. The van der Waals surface area contributed by atoms with Crippen LogP contribution in [0.5, 0.6) is 0 Å². The maximum atomic E-state index is 10.3. The first-order valence-electron chi connectivity index (χ1n) is 13.3. The highest BCUT2D eigenvalue weighted by Crippen LogP contribution is 2.66. The van der Waals surface area contributed by atoms with Crippen molar-refractivity contribution in [3.05, 3.63) is 23.8 Å². The molecule has 170 valence electrons. The number of rotatable bonds is 5. The normalized spacial score (nSPS) is 45.6. The smallest absolute Gasteiger partial charge is 0.0543 e. The van der Waals surface area contributed by atoms with Gasteiger partial charge in [-0.25, -0.2) is 0 Å². The third-order valence-corrected chi connectivity index (χ3v) is 10.7. The summed E-state index contributed by atoms with van der Waals surface area (Å²) in [5, 5.41) is 10.3. The van der Waals surface area contributed by atoms with Crippen LogP contribution in [0.1, 0.15) is 99.3 Å². The molecule has 0 spiro atoms. The van der Waals surface area contributed by atoms with Gasteiger partial charge >= 0.3 is 0 Å². The lowest BCUT2D eigenvalue weighted by atomic mass is 9.47. The Kier molecular flexibility index (Phi) is 6.35. The van der Waals surface area contributed by atoms with Crippen LogP contribution in [0.3, 0.4) is 0 Å². The zero-order chi connectivity index (χ0) is 21.7. The van der Waals surface area contributed by atoms with E-state index in [9.17, 15) is 5.11 Å². The fraction of sp³-hybridized carbons (Fsp3) is 0.862. The van der Waals surface area contributed by atoms with E-state index in [2.05, 4.69) is 59.8 Å². The molecule has 1 heteroatoms. The minimum absolute atomic E-state index is 0.0480. The number of hydrogen-bond acceptors (Lipinski definition) is 1. The van der Waals surface area contributed by atoms with Crippen LogP contribution in [-0.4, -0.2) is 11.2 Å². The van der Waals surface area contributed by atoms with Crippen LogP contribution in [0.15, 0.2) is 23.8 Å². The number of hydrogen-bond donors (Lipinski definition) is 1. The Morgan fingerprint density at radius 1 is 1.00 bits per heavy atom. The van der Waals surface area contributed by atoms with Crippen molar-refractivity contribution in [2.45, 2.75) is 105 Å². The lowest BCUT2D eigenvalue weighted by Gasteiger charge is -2.57. The molecule has 0 bridgehead atoms. The van der Waals surface area contributed by atoms with Gasteiger partial charge < -0.3 is 5.11 Å². The van der Waals surface area contributed by atoms with Crippen LogP contribution < -0.4 is 0 Å². The van der Waals surface area contributed by atoms with Gasteiger partial charge in [0.05, 0.1) is 6.10 Å². The fourth-order valence-corrected chi connectivity index (χ4v) is 8.68. The van der Waals surface area contributed by atoms with E-state index in [0.29, 0.717) is 22.7 Å². The first-order chi connectivity index (χ1) is 14.2. The lowest BCUT2D eigenvalue weighted by molar-refractivity contribution is -0.0414. The predicted molar refractivity (Wildman–Crippen MR) is 128 cm³/mol. The molecule has 0 aromatic heterocycles. The maximum absolute atomic E-state index is 10.3. The predicted octanol–water partition coefficient (Wildman–Crippen LogP) is 7.80. The first kappa shape index (κ1) is 22.6. The van der Waals surface area contributed by atoms with Gasteiger partial charge in [0, 0.05) is 0 Å². The summed E-state index contributed by atoms with van der Waals surface area (Å²) >= 11 is 0. The third-order valence-electron chi connectivity index (χ3n) is 10.7. The van der Waals surface area contributed by atoms with Gasteiger partial charge in [-0.2, -0.15) is 0 Å². The van der Waals surface area contributed by atoms with Crippen LogP contribution >= 0.6 is 0 Å². The summed E-state index contributed by atoms with van der Waals surface area (Å²) in [6.45, 7) is 14.8. The van der Waals surface area contributed by atoms with E-state index in [-0.39, 0.29) is 6.10 Å². The molecule has 9 atom stereocenters. The molecule has 4 aliphatic carbocycles. The average Bonchev–Trinajstić information content (AvgIpc) is 3.06. The van der Waals surface area contributed by atoms with Gasteiger partial charge in [0.15, 0.2) is 0 Å². The standard InChI is InChI=1S/C29H48O/c1-7-21(19(2)3)9-8-20(4)25-12-13-26-24-11-10-22-18-23(30)14-16-28(22,5)27(24)15-17-29(25,26)6/h8-9,11,19-23,25-27,30H,7,10,12-18H2,1-6H3/b9-8+/t20?,21?,22-,23?,25?,26?,27?,28-,29+/m0/s1. The van der Waals surface area contributed by atoms with Crippen molar-refractivity contribution in [2.24, 2.45) is 52.3 Å². The summed E-state index contributed by atoms with van der Waals surface area (Å²) in [7, 11) is 0. The number of allylic oxidation sites excluding steroid dienone is 4. The molecule has 4 aliphatic rings. The second-order valence-electron chi connectivity index (χ2n) is 12.5. The second kappa shape index (κ2) is 8.42. The van der Waals surface area contributed by atoms with E-state index in [4.69, 9.17) is 0 Å². The van der Waals surface area contributed by atoms with Gasteiger partial charge in [0.1, 0.15) is 0 Å². The molecule has 0 aromatic carbocycles. The quantitative estimate of drug-likeness (QED) is 0.457. The topological polar surface area (TPSA) is 20.2 Å². The average molecular weight is 413 g/mol. The minimum atomic E-state index is -0.0480. The van der Waals surface area contributed by atoms with Crippen molar-refractivity contribution in [3.63, 3.8) is 0 Å². The Bertz CT molecular complexity index is 674. The van der Waals surface area contributed by atoms with Crippen molar-refractivity contribution in [2.75, 3.05) is 0 Å². The van der Waals surface area contributed by atoms with E-state index in [1.165, 1.54) is 44.9 Å². The summed E-state index contributed by atoms with van der Waals surface area (Å²) in [5.41, 5.74) is 2.79. The van der Waals surface area contributed by atoms with Crippen molar-refractivity contribution in [1.82, 2.24) is 0 Å². The fourth-order valence-electron chi connectivity index (χ4n) is 8.68. The van der Waals surface area contributed by atoms with Gasteiger partial charge in [-0.3, -0.25) is 0 Å². The molecule has 0 aromatic rings. The molecule has 4 rings (SSSR count). The number of fused-ring (bicyclic) bond motifs is 5. The van der Waals surface area contributed by atoms with E-state index in [1.807, 2.05) is 5.57 Å². The van der Waals surface area contributed by atoms with Gasteiger partial charge in [-0.1, -0.05) is 65.3 Å². The molecule has 1 N–H and O–H groups in total. The molecule has 3 fully saturated rings. The molecule has 3 saturated carbocycles. The van der Waals surface area contributed by atoms with Gasteiger partial charge in [-0.05, 0) is 110 Å². The van der Waals surface area contributed by atoms with Crippen LogP contribution in [0.2, 0.25) is 0 Å². The molecular weight excluding hydrogens is 364 g/mol. The van der Waals surface area contributed by atoms with E-state index in [1.54, 1.807) is 0 Å². The molecule has 0 amide bonds. The Hall–Kier alpha value is -0.560. The molecule has 0 saturated heterocycles. The molecule has 30 heavy (non-hydrogen) atoms. The zero-order valence-corrected chi connectivity index (χ0v) is 20.7. The molecule has 0 aliphatic heterocycles. The summed E-state index contributed by atoms with van der Waals surface area (Å²) in [4.78, 5) is 0. The lowest BCUT2D eigenvalue weighted by Crippen LogP contribution is -2.49. The van der Waals surface area contributed by atoms with E-state index < -0.39 is 0 Å². The summed E-state index contributed by atoms with van der Waals surface area (Å²) in [6.07, 6.45) is 19.2. The Morgan fingerprint density at radius 3 is 2.40 bits per heavy atom.